The number of Topliss-reactive ketones (excluding diaryl/α,β-unsaturated/α-hetero) is 1. The van der Waals surface area contributed by atoms with Crippen molar-refractivity contribution < 1.29 is 19.2 Å². The first-order valence-electron chi connectivity index (χ1n) is 10.7. The van der Waals surface area contributed by atoms with Crippen molar-refractivity contribution in [1.29, 1.82) is 0 Å². The van der Waals surface area contributed by atoms with E-state index in [2.05, 4.69) is 15.5 Å². The zero-order valence-electron chi connectivity index (χ0n) is 17.2. The average Bonchev–Trinajstić information content (AvgIpc) is 2.74. The summed E-state index contributed by atoms with van der Waals surface area (Å²) in [7, 11) is 0. The smallest absolute Gasteiger partial charge is 0.244 e. The number of benzene rings is 1. The lowest BCUT2D eigenvalue weighted by Gasteiger charge is -2.41. The van der Waals surface area contributed by atoms with Gasteiger partial charge in [-0.3, -0.25) is 19.2 Å². The number of hydrogen-bond acceptors (Lipinski definition) is 5. The maximum absolute atomic E-state index is 13.0. The predicted octanol–water partition coefficient (Wildman–Crippen LogP) is 1.17. The third-order valence-corrected chi connectivity index (χ3v) is 6.42. The second-order valence-corrected chi connectivity index (χ2v) is 8.39. The van der Waals surface area contributed by atoms with Crippen LogP contribution in [0.25, 0.3) is 0 Å². The maximum atomic E-state index is 13.0. The van der Waals surface area contributed by atoms with E-state index in [9.17, 15) is 19.2 Å². The molecule has 3 heterocycles. The Bertz CT molecular complexity index is 847. The van der Waals surface area contributed by atoms with Crippen LogP contribution in [-0.4, -0.2) is 60.6 Å². The van der Waals surface area contributed by atoms with Crippen LogP contribution in [0.1, 0.15) is 32.6 Å². The Kier molecular flexibility index (Phi) is 5.74. The number of piperidine rings is 3. The second kappa shape index (κ2) is 8.45. The Balaban J connectivity index is 1.42. The van der Waals surface area contributed by atoms with Crippen molar-refractivity contribution in [3.05, 3.63) is 24.3 Å². The second-order valence-electron chi connectivity index (χ2n) is 8.39. The number of hydrogen-bond donors (Lipinski definition) is 2. The van der Waals surface area contributed by atoms with E-state index in [-0.39, 0.29) is 18.5 Å². The summed E-state index contributed by atoms with van der Waals surface area (Å²) in [4.78, 5) is 53.8. The molecule has 0 aliphatic carbocycles. The van der Waals surface area contributed by atoms with E-state index in [1.54, 1.807) is 17.0 Å². The van der Waals surface area contributed by atoms with Crippen molar-refractivity contribution in [1.82, 2.24) is 10.2 Å². The van der Waals surface area contributed by atoms with Crippen molar-refractivity contribution in [2.24, 2.45) is 11.8 Å². The maximum Gasteiger partial charge on any atom is 0.244 e. The molecular formula is C22H28N4O4. The molecule has 3 saturated heterocycles. The fourth-order valence-corrected chi connectivity index (χ4v) is 4.68. The largest absolute Gasteiger partial charge is 0.372 e. The van der Waals surface area contributed by atoms with Gasteiger partial charge in [0.05, 0.1) is 5.92 Å². The lowest BCUT2D eigenvalue weighted by Crippen LogP contribution is -2.63. The van der Waals surface area contributed by atoms with E-state index in [1.807, 2.05) is 12.1 Å². The van der Waals surface area contributed by atoms with Gasteiger partial charge in [0.2, 0.25) is 17.7 Å². The number of rotatable bonds is 3. The molecule has 0 saturated carbocycles. The van der Waals surface area contributed by atoms with E-state index >= 15 is 0 Å². The molecule has 0 radical (unpaired) electrons. The summed E-state index contributed by atoms with van der Waals surface area (Å²) in [5.41, 5.74) is 1.66. The van der Waals surface area contributed by atoms with E-state index in [0.29, 0.717) is 18.7 Å². The van der Waals surface area contributed by atoms with Gasteiger partial charge in [-0.05, 0) is 49.9 Å². The van der Waals surface area contributed by atoms with Crippen LogP contribution in [0.15, 0.2) is 24.3 Å². The van der Waals surface area contributed by atoms with Crippen LogP contribution in [0, 0.1) is 11.8 Å². The minimum absolute atomic E-state index is 0.104. The summed E-state index contributed by atoms with van der Waals surface area (Å²) in [6.07, 6.45) is 4.14. The lowest BCUT2D eigenvalue weighted by atomic mass is 9.78. The van der Waals surface area contributed by atoms with E-state index in [1.165, 1.54) is 26.2 Å². The SMILES string of the molecule is CC(=O)N1CCC2NC(=O)C(C(=O)Nc3ccc(N4CCCCC4)cc3)C(=O)C2C1. The van der Waals surface area contributed by atoms with Crippen molar-refractivity contribution in [3.8, 4) is 0 Å². The molecule has 0 bridgehead atoms. The van der Waals surface area contributed by atoms with E-state index in [0.717, 1.165) is 18.8 Å². The van der Waals surface area contributed by atoms with Crippen LogP contribution in [0.3, 0.4) is 0 Å². The van der Waals surface area contributed by atoms with Crippen LogP contribution in [0.4, 0.5) is 11.4 Å². The molecule has 2 N–H and O–H groups in total. The van der Waals surface area contributed by atoms with E-state index < -0.39 is 29.4 Å². The molecule has 3 amide bonds. The molecule has 3 aliphatic heterocycles. The number of nitrogens with one attached hydrogen (secondary N) is 2. The number of nitrogens with zero attached hydrogens (tertiary/aromatic N) is 2. The molecule has 0 spiro atoms. The van der Waals surface area contributed by atoms with Gasteiger partial charge >= 0.3 is 0 Å². The van der Waals surface area contributed by atoms with Gasteiger partial charge in [0, 0.05) is 50.5 Å². The highest BCUT2D eigenvalue weighted by Crippen LogP contribution is 2.27. The van der Waals surface area contributed by atoms with Gasteiger partial charge in [-0.15, -0.1) is 0 Å². The summed E-state index contributed by atoms with van der Waals surface area (Å²) >= 11 is 0. The van der Waals surface area contributed by atoms with Gasteiger partial charge < -0.3 is 20.4 Å². The summed E-state index contributed by atoms with van der Waals surface area (Å²) in [5, 5.41) is 5.52. The molecule has 3 aliphatic rings. The quantitative estimate of drug-likeness (QED) is 0.726. The highest BCUT2D eigenvalue weighted by atomic mass is 16.2. The summed E-state index contributed by atoms with van der Waals surface area (Å²) in [5.74, 6) is -3.62. The monoisotopic (exact) mass is 412 g/mol. The molecule has 3 unspecified atom stereocenters. The average molecular weight is 412 g/mol. The molecule has 4 rings (SSSR count). The van der Waals surface area contributed by atoms with Gasteiger partial charge in [-0.2, -0.15) is 0 Å². The molecule has 160 valence electrons. The number of anilines is 2. The summed E-state index contributed by atoms with van der Waals surface area (Å²) in [6, 6.07) is 7.19. The van der Waals surface area contributed by atoms with Crippen LogP contribution in [0.5, 0.6) is 0 Å². The molecule has 30 heavy (non-hydrogen) atoms. The van der Waals surface area contributed by atoms with Crippen molar-refractivity contribution in [2.45, 2.75) is 38.6 Å². The first kappa shape index (κ1) is 20.4. The van der Waals surface area contributed by atoms with Crippen LogP contribution in [0.2, 0.25) is 0 Å². The normalized spacial score (nSPS) is 26.6. The van der Waals surface area contributed by atoms with Crippen molar-refractivity contribution >= 4 is 34.9 Å². The number of amides is 3. The van der Waals surface area contributed by atoms with Crippen molar-refractivity contribution in [2.75, 3.05) is 36.4 Å². The topological polar surface area (TPSA) is 98.8 Å². The Morgan fingerprint density at radius 2 is 1.73 bits per heavy atom. The highest BCUT2D eigenvalue weighted by Gasteiger charge is 2.48. The molecule has 8 heteroatoms. The number of carbonyl (C=O) groups excluding carboxylic acids is 4. The van der Waals surface area contributed by atoms with Gasteiger partial charge in [0.15, 0.2) is 11.7 Å². The zero-order chi connectivity index (χ0) is 21.3. The summed E-state index contributed by atoms with van der Waals surface area (Å²) in [6.45, 7) is 4.27. The minimum Gasteiger partial charge on any atom is -0.372 e. The highest BCUT2D eigenvalue weighted by molar-refractivity contribution is 6.23. The molecule has 8 nitrogen and oxygen atoms in total. The molecule has 3 fully saturated rings. The first-order valence-corrected chi connectivity index (χ1v) is 10.7. The van der Waals surface area contributed by atoms with Crippen LogP contribution < -0.4 is 15.5 Å². The fourth-order valence-electron chi connectivity index (χ4n) is 4.68. The third kappa shape index (κ3) is 4.04. The minimum atomic E-state index is -1.39. The zero-order valence-corrected chi connectivity index (χ0v) is 17.2. The van der Waals surface area contributed by atoms with Gasteiger partial charge in [-0.25, -0.2) is 0 Å². The van der Waals surface area contributed by atoms with Crippen molar-refractivity contribution in [3.63, 3.8) is 0 Å². The number of likely N-dealkylation sites (tertiary alicyclic amines) is 1. The number of ketones is 1. The molecule has 1 aromatic carbocycles. The Morgan fingerprint density at radius 3 is 2.40 bits per heavy atom. The fraction of sp³-hybridized carbons (Fsp3) is 0.545. The molecule has 0 aromatic heterocycles. The number of carbonyl (C=O) groups is 4. The summed E-state index contributed by atoms with van der Waals surface area (Å²) < 4.78 is 0. The van der Waals surface area contributed by atoms with Gasteiger partial charge in [-0.1, -0.05) is 0 Å². The molecule has 3 atom stereocenters. The Labute approximate surface area is 176 Å². The standard InChI is InChI=1S/C22H28N4O4/c1-14(27)26-12-9-18-17(13-26)20(28)19(22(30)24-18)21(29)23-15-5-7-16(8-6-15)25-10-3-2-4-11-25/h5-8,17-19H,2-4,9-13H2,1H3,(H,23,29)(H,24,30). The Hall–Kier alpha value is -2.90. The molecular weight excluding hydrogens is 384 g/mol. The lowest BCUT2D eigenvalue weighted by molar-refractivity contribution is -0.148. The van der Waals surface area contributed by atoms with Crippen LogP contribution >= 0.6 is 0 Å². The Morgan fingerprint density at radius 1 is 1.03 bits per heavy atom. The first-order chi connectivity index (χ1) is 14.4. The third-order valence-electron chi connectivity index (χ3n) is 6.42. The molecule has 1 aromatic rings. The van der Waals surface area contributed by atoms with Crippen LogP contribution in [-0.2, 0) is 19.2 Å². The predicted molar refractivity (Wildman–Crippen MR) is 112 cm³/mol. The van der Waals surface area contributed by atoms with E-state index in [4.69, 9.17) is 0 Å². The van der Waals surface area contributed by atoms with Gasteiger partial charge in [0.25, 0.3) is 0 Å². The van der Waals surface area contributed by atoms with Gasteiger partial charge in [0.1, 0.15) is 0 Å². The number of fused-ring (bicyclic) bond motifs is 1.